The SMILES string of the molecule is CC(C)CCn1ccn2c(=O)nc(N)nc12. The molecule has 0 saturated carbocycles. The van der Waals surface area contributed by atoms with Crippen molar-refractivity contribution in [2.75, 3.05) is 5.73 Å². The van der Waals surface area contributed by atoms with Gasteiger partial charge in [-0.3, -0.25) is 0 Å². The maximum atomic E-state index is 11.5. The second kappa shape index (κ2) is 3.96. The highest BCUT2D eigenvalue weighted by molar-refractivity contribution is 5.34. The van der Waals surface area contributed by atoms with Crippen LogP contribution in [0.3, 0.4) is 0 Å². The first-order chi connectivity index (χ1) is 7.58. The summed E-state index contributed by atoms with van der Waals surface area (Å²) < 4.78 is 3.32. The third-order valence-corrected chi connectivity index (χ3v) is 2.45. The van der Waals surface area contributed by atoms with E-state index in [0.717, 1.165) is 13.0 Å². The van der Waals surface area contributed by atoms with Gasteiger partial charge >= 0.3 is 5.69 Å². The molecule has 0 atom stereocenters. The summed E-state index contributed by atoms with van der Waals surface area (Å²) in [5, 5.41) is 0. The standard InChI is InChI=1S/C10H15N5O/c1-7(2)3-4-14-5-6-15-9(14)12-8(11)13-10(15)16/h5-7H,3-4H2,1-2H3,(H2,11,13,16). The predicted molar refractivity (Wildman–Crippen MR) is 61.1 cm³/mol. The number of imidazole rings is 1. The molecular formula is C10H15N5O. The molecule has 0 aliphatic rings. The van der Waals surface area contributed by atoms with Crippen LogP contribution in [0, 0.1) is 5.92 Å². The highest BCUT2D eigenvalue weighted by atomic mass is 16.1. The third-order valence-electron chi connectivity index (χ3n) is 2.45. The number of anilines is 1. The largest absolute Gasteiger partial charge is 0.368 e. The minimum absolute atomic E-state index is 0.0227. The van der Waals surface area contributed by atoms with E-state index in [1.165, 1.54) is 4.40 Å². The molecule has 6 heteroatoms. The van der Waals surface area contributed by atoms with Crippen LogP contribution in [0.2, 0.25) is 0 Å². The molecule has 16 heavy (non-hydrogen) atoms. The van der Waals surface area contributed by atoms with Crippen molar-refractivity contribution < 1.29 is 0 Å². The van der Waals surface area contributed by atoms with Crippen LogP contribution in [0.4, 0.5) is 5.95 Å². The monoisotopic (exact) mass is 221 g/mol. The second-order valence-corrected chi connectivity index (χ2v) is 4.21. The summed E-state index contributed by atoms with van der Waals surface area (Å²) >= 11 is 0. The maximum Gasteiger partial charge on any atom is 0.357 e. The molecule has 6 nitrogen and oxygen atoms in total. The van der Waals surface area contributed by atoms with Gasteiger partial charge in [-0.1, -0.05) is 13.8 Å². The summed E-state index contributed by atoms with van der Waals surface area (Å²) in [6.07, 6.45) is 4.52. The van der Waals surface area contributed by atoms with E-state index in [1.807, 2.05) is 10.8 Å². The Kier molecular flexibility index (Phi) is 2.64. The lowest BCUT2D eigenvalue weighted by molar-refractivity contribution is 0.521. The fourth-order valence-electron chi connectivity index (χ4n) is 1.54. The van der Waals surface area contributed by atoms with Gasteiger partial charge in [0, 0.05) is 18.9 Å². The molecule has 0 aliphatic carbocycles. The Labute approximate surface area is 92.7 Å². The topological polar surface area (TPSA) is 78.2 Å². The number of nitrogens with zero attached hydrogens (tertiary/aromatic N) is 4. The van der Waals surface area contributed by atoms with E-state index in [4.69, 9.17) is 5.73 Å². The van der Waals surface area contributed by atoms with Gasteiger partial charge < -0.3 is 10.3 Å². The third kappa shape index (κ3) is 1.91. The Morgan fingerprint density at radius 2 is 2.12 bits per heavy atom. The van der Waals surface area contributed by atoms with Gasteiger partial charge in [-0.05, 0) is 12.3 Å². The Morgan fingerprint density at radius 3 is 2.81 bits per heavy atom. The lowest BCUT2D eigenvalue weighted by Crippen LogP contribution is -2.20. The fraction of sp³-hybridized carbons (Fsp3) is 0.500. The van der Waals surface area contributed by atoms with E-state index in [-0.39, 0.29) is 11.6 Å². The van der Waals surface area contributed by atoms with Crippen molar-refractivity contribution in [2.24, 2.45) is 5.92 Å². The molecule has 2 rings (SSSR count). The van der Waals surface area contributed by atoms with Gasteiger partial charge in [-0.15, -0.1) is 0 Å². The summed E-state index contributed by atoms with van der Waals surface area (Å²) in [6.45, 7) is 5.13. The van der Waals surface area contributed by atoms with Crippen LogP contribution in [-0.2, 0) is 6.54 Å². The molecule has 0 spiro atoms. The first kappa shape index (κ1) is 10.7. The number of hydrogen-bond acceptors (Lipinski definition) is 4. The van der Waals surface area contributed by atoms with Gasteiger partial charge in [0.05, 0.1) is 0 Å². The Bertz CT molecular complexity index is 554. The maximum absolute atomic E-state index is 11.5. The first-order valence-corrected chi connectivity index (χ1v) is 5.29. The minimum Gasteiger partial charge on any atom is -0.368 e. The molecule has 2 aromatic rings. The van der Waals surface area contributed by atoms with E-state index in [1.54, 1.807) is 6.20 Å². The molecule has 2 N–H and O–H groups in total. The summed E-state index contributed by atoms with van der Waals surface area (Å²) in [6, 6.07) is 0. The van der Waals surface area contributed by atoms with Crippen LogP contribution in [0.25, 0.3) is 5.78 Å². The lowest BCUT2D eigenvalue weighted by atomic mass is 10.1. The highest BCUT2D eigenvalue weighted by Crippen LogP contribution is 2.06. The van der Waals surface area contributed by atoms with E-state index < -0.39 is 0 Å². The van der Waals surface area contributed by atoms with Crippen molar-refractivity contribution in [2.45, 2.75) is 26.8 Å². The van der Waals surface area contributed by atoms with Crippen LogP contribution < -0.4 is 11.4 Å². The van der Waals surface area contributed by atoms with Gasteiger partial charge in [0.25, 0.3) is 0 Å². The minimum atomic E-state index is -0.384. The van der Waals surface area contributed by atoms with E-state index in [0.29, 0.717) is 11.7 Å². The molecule has 0 unspecified atom stereocenters. The van der Waals surface area contributed by atoms with Crippen molar-refractivity contribution in [3.63, 3.8) is 0 Å². The van der Waals surface area contributed by atoms with Gasteiger partial charge in [0.15, 0.2) is 0 Å². The van der Waals surface area contributed by atoms with Gasteiger partial charge in [-0.25, -0.2) is 9.20 Å². The van der Waals surface area contributed by atoms with Gasteiger partial charge in [0.2, 0.25) is 11.7 Å². The van der Waals surface area contributed by atoms with Crippen LogP contribution >= 0.6 is 0 Å². The van der Waals surface area contributed by atoms with Gasteiger partial charge in [0.1, 0.15) is 0 Å². The molecule has 2 aromatic heterocycles. The van der Waals surface area contributed by atoms with Crippen molar-refractivity contribution in [3.8, 4) is 0 Å². The molecule has 0 aliphatic heterocycles. The summed E-state index contributed by atoms with van der Waals surface area (Å²) in [7, 11) is 0. The predicted octanol–water partition coefficient (Wildman–Crippen LogP) is 0.519. The van der Waals surface area contributed by atoms with E-state index in [2.05, 4.69) is 23.8 Å². The van der Waals surface area contributed by atoms with Crippen molar-refractivity contribution in [3.05, 3.63) is 22.9 Å². The average Bonchev–Trinajstić information content (AvgIpc) is 2.58. The number of aromatic nitrogens is 4. The number of rotatable bonds is 3. The Hall–Kier alpha value is -1.85. The first-order valence-electron chi connectivity index (χ1n) is 5.29. The molecule has 86 valence electrons. The molecule has 0 amide bonds. The average molecular weight is 221 g/mol. The van der Waals surface area contributed by atoms with Crippen LogP contribution in [-0.4, -0.2) is 18.9 Å². The number of hydrogen-bond donors (Lipinski definition) is 1. The van der Waals surface area contributed by atoms with Crippen molar-refractivity contribution in [1.82, 2.24) is 18.9 Å². The summed E-state index contributed by atoms with van der Waals surface area (Å²) in [5.74, 6) is 1.18. The fourth-order valence-corrected chi connectivity index (χ4v) is 1.54. The molecule has 0 radical (unpaired) electrons. The quantitative estimate of drug-likeness (QED) is 0.819. The Balaban J connectivity index is 2.44. The second-order valence-electron chi connectivity index (χ2n) is 4.21. The molecule has 2 heterocycles. The zero-order chi connectivity index (χ0) is 11.7. The van der Waals surface area contributed by atoms with Crippen molar-refractivity contribution >= 4 is 11.7 Å². The summed E-state index contributed by atoms with van der Waals surface area (Å²) in [4.78, 5) is 19.1. The molecule has 0 bridgehead atoms. The van der Waals surface area contributed by atoms with Crippen molar-refractivity contribution in [1.29, 1.82) is 0 Å². The van der Waals surface area contributed by atoms with Crippen LogP contribution in [0.1, 0.15) is 20.3 Å². The van der Waals surface area contributed by atoms with Gasteiger partial charge in [-0.2, -0.15) is 9.97 Å². The summed E-state index contributed by atoms with van der Waals surface area (Å²) in [5.41, 5.74) is 5.08. The molecule has 0 aromatic carbocycles. The number of nitrogens with two attached hydrogens (primary N) is 1. The number of aryl methyl sites for hydroxylation is 1. The zero-order valence-corrected chi connectivity index (χ0v) is 9.42. The lowest BCUT2D eigenvalue weighted by Gasteiger charge is -2.06. The normalized spacial score (nSPS) is 11.4. The number of fused-ring (bicyclic) bond motifs is 1. The molecule has 0 fully saturated rings. The smallest absolute Gasteiger partial charge is 0.357 e. The van der Waals surface area contributed by atoms with Crippen LogP contribution in [0.15, 0.2) is 17.2 Å². The molecular weight excluding hydrogens is 206 g/mol. The highest BCUT2D eigenvalue weighted by Gasteiger charge is 2.06. The Morgan fingerprint density at radius 1 is 1.38 bits per heavy atom. The zero-order valence-electron chi connectivity index (χ0n) is 9.42. The van der Waals surface area contributed by atoms with E-state index in [9.17, 15) is 4.79 Å². The van der Waals surface area contributed by atoms with Crippen LogP contribution in [0.5, 0.6) is 0 Å². The number of nitrogen functional groups attached to an aromatic ring is 1. The van der Waals surface area contributed by atoms with E-state index >= 15 is 0 Å². The molecule has 0 saturated heterocycles.